The smallest absolute Gasteiger partial charge is 0.237 e. The summed E-state index contributed by atoms with van der Waals surface area (Å²) in [5.74, 6) is 0.0850. The molecule has 5 heteroatoms. The topological polar surface area (TPSA) is 50.4 Å². The van der Waals surface area contributed by atoms with E-state index >= 15 is 0 Å². The number of carbonyl (C=O) groups is 1. The summed E-state index contributed by atoms with van der Waals surface area (Å²) >= 11 is 0. The Balaban J connectivity index is 0.00000192. The van der Waals surface area contributed by atoms with Crippen LogP contribution in [0.5, 0.6) is 0 Å². The van der Waals surface area contributed by atoms with Crippen LogP contribution in [0.3, 0.4) is 0 Å². The Kier molecular flexibility index (Phi) is 7.34. The van der Waals surface area contributed by atoms with E-state index in [0.717, 1.165) is 13.0 Å². The zero-order valence-corrected chi connectivity index (χ0v) is 14.4. The van der Waals surface area contributed by atoms with Crippen molar-refractivity contribution >= 4 is 18.3 Å². The molecule has 1 unspecified atom stereocenters. The number of carbonyl (C=O) groups excluding carboxylic acids is 1. The van der Waals surface area contributed by atoms with Crippen LogP contribution in [0.2, 0.25) is 0 Å². The maximum atomic E-state index is 12.2. The molecule has 0 saturated heterocycles. The van der Waals surface area contributed by atoms with E-state index in [1.807, 2.05) is 12.1 Å². The van der Waals surface area contributed by atoms with Gasteiger partial charge in [-0.1, -0.05) is 43.5 Å². The molecule has 0 bridgehead atoms. The molecule has 0 aromatic heterocycles. The molecule has 4 nitrogen and oxygen atoms in total. The number of nitrogens with one attached hydrogen (secondary N) is 2. The van der Waals surface area contributed by atoms with Crippen LogP contribution >= 0.6 is 12.4 Å². The molecule has 0 spiro atoms. The van der Waals surface area contributed by atoms with Gasteiger partial charge in [-0.15, -0.1) is 12.4 Å². The maximum Gasteiger partial charge on any atom is 0.237 e. The van der Waals surface area contributed by atoms with Gasteiger partial charge in [0, 0.05) is 13.1 Å². The van der Waals surface area contributed by atoms with Crippen LogP contribution in [-0.4, -0.2) is 31.2 Å². The average Bonchev–Trinajstić information content (AvgIpc) is 2.59. The molecule has 1 fully saturated rings. The van der Waals surface area contributed by atoms with Crippen LogP contribution in [0.4, 0.5) is 0 Å². The largest absolute Gasteiger partial charge is 0.376 e. The van der Waals surface area contributed by atoms with Gasteiger partial charge in [-0.25, -0.2) is 0 Å². The first kappa shape index (κ1) is 18.2. The van der Waals surface area contributed by atoms with Gasteiger partial charge in [0.05, 0.1) is 18.8 Å². The molecule has 2 aliphatic rings. The van der Waals surface area contributed by atoms with Crippen molar-refractivity contribution in [3.05, 3.63) is 35.4 Å². The first-order valence-corrected chi connectivity index (χ1v) is 8.52. The van der Waals surface area contributed by atoms with Crippen molar-refractivity contribution in [2.45, 2.75) is 57.2 Å². The molecule has 1 aromatic rings. The minimum atomic E-state index is -0.121. The number of hydrogen-bond acceptors (Lipinski definition) is 3. The Hall–Kier alpha value is -1.10. The van der Waals surface area contributed by atoms with E-state index in [1.165, 1.54) is 43.2 Å². The molecule has 3 rings (SSSR count). The number of halogens is 1. The zero-order chi connectivity index (χ0) is 15.2. The van der Waals surface area contributed by atoms with Crippen LogP contribution in [-0.2, 0) is 22.5 Å². The van der Waals surface area contributed by atoms with Crippen LogP contribution in [0.25, 0.3) is 0 Å². The fourth-order valence-electron chi connectivity index (χ4n) is 3.39. The van der Waals surface area contributed by atoms with E-state index < -0.39 is 0 Å². The van der Waals surface area contributed by atoms with Crippen LogP contribution in [0.1, 0.15) is 43.2 Å². The summed E-state index contributed by atoms with van der Waals surface area (Å²) in [6.45, 7) is 2.00. The lowest BCUT2D eigenvalue weighted by molar-refractivity contribution is -0.123. The van der Waals surface area contributed by atoms with Crippen molar-refractivity contribution in [3.8, 4) is 0 Å². The molecule has 1 aliphatic heterocycles. The predicted molar refractivity (Wildman–Crippen MR) is 93.9 cm³/mol. The molecule has 2 N–H and O–H groups in total. The van der Waals surface area contributed by atoms with E-state index in [9.17, 15) is 4.79 Å². The molecule has 1 aromatic carbocycles. The van der Waals surface area contributed by atoms with Crippen LogP contribution in [0.15, 0.2) is 24.3 Å². The summed E-state index contributed by atoms with van der Waals surface area (Å²) in [5.41, 5.74) is 2.58. The summed E-state index contributed by atoms with van der Waals surface area (Å²) in [6.07, 6.45) is 7.43. The molecule has 23 heavy (non-hydrogen) atoms. The van der Waals surface area contributed by atoms with Crippen LogP contribution in [0, 0.1) is 0 Å². The second kappa shape index (κ2) is 9.26. The summed E-state index contributed by atoms with van der Waals surface area (Å²) in [7, 11) is 0. The molecular formula is C18H27ClN2O2. The first-order chi connectivity index (χ1) is 10.8. The highest BCUT2D eigenvalue weighted by atomic mass is 35.5. The third-order valence-corrected chi connectivity index (χ3v) is 4.70. The average molecular weight is 339 g/mol. The summed E-state index contributed by atoms with van der Waals surface area (Å²) in [6, 6.07) is 8.20. The lowest BCUT2D eigenvalue weighted by Gasteiger charge is -2.26. The monoisotopic (exact) mass is 338 g/mol. The molecular weight excluding hydrogens is 312 g/mol. The Morgan fingerprint density at radius 1 is 1.17 bits per heavy atom. The number of benzene rings is 1. The van der Waals surface area contributed by atoms with Crippen molar-refractivity contribution in [1.82, 2.24) is 10.6 Å². The second-order valence-corrected chi connectivity index (χ2v) is 6.33. The second-order valence-electron chi connectivity index (χ2n) is 6.33. The molecule has 0 radical (unpaired) electrons. The normalized spacial score (nSPS) is 21.1. The standard InChI is InChI=1S/C18H26N2O2.ClH/c21-18(19-10-11-22-16-8-2-1-3-9-16)17-12-14-6-4-5-7-15(14)13-20-17;/h4-7,16-17,20H,1-3,8-13H2,(H,19,21);1H. The minimum absolute atomic E-state index is 0. The Morgan fingerprint density at radius 2 is 1.91 bits per heavy atom. The summed E-state index contributed by atoms with van der Waals surface area (Å²) in [4.78, 5) is 12.2. The predicted octanol–water partition coefficient (Wildman–Crippen LogP) is 2.59. The Labute approximate surface area is 144 Å². The lowest BCUT2D eigenvalue weighted by Crippen LogP contribution is -2.48. The fourth-order valence-corrected chi connectivity index (χ4v) is 3.39. The van der Waals surface area contributed by atoms with Gasteiger partial charge >= 0.3 is 0 Å². The molecule has 1 saturated carbocycles. The van der Waals surface area contributed by atoms with Crippen molar-refractivity contribution in [2.75, 3.05) is 13.2 Å². The highest BCUT2D eigenvalue weighted by molar-refractivity contribution is 5.85. The summed E-state index contributed by atoms with van der Waals surface area (Å²) < 4.78 is 5.84. The molecule has 1 amide bonds. The number of rotatable bonds is 5. The molecule has 1 heterocycles. The van der Waals surface area contributed by atoms with Crippen LogP contribution < -0.4 is 10.6 Å². The van der Waals surface area contributed by atoms with Gasteiger partial charge in [0.1, 0.15) is 0 Å². The Bertz CT molecular complexity index is 504. The lowest BCUT2D eigenvalue weighted by atomic mass is 9.95. The van der Waals surface area contributed by atoms with Gasteiger partial charge in [0.25, 0.3) is 0 Å². The highest BCUT2D eigenvalue weighted by Gasteiger charge is 2.23. The van der Waals surface area contributed by atoms with Crippen molar-refractivity contribution in [1.29, 1.82) is 0 Å². The molecule has 1 atom stereocenters. The highest BCUT2D eigenvalue weighted by Crippen LogP contribution is 2.20. The van der Waals surface area contributed by atoms with Crippen molar-refractivity contribution in [2.24, 2.45) is 0 Å². The van der Waals surface area contributed by atoms with Crippen molar-refractivity contribution in [3.63, 3.8) is 0 Å². The van der Waals surface area contributed by atoms with Gasteiger partial charge in [-0.3, -0.25) is 4.79 Å². The zero-order valence-electron chi connectivity index (χ0n) is 13.6. The molecule has 1 aliphatic carbocycles. The first-order valence-electron chi connectivity index (χ1n) is 8.52. The van der Waals surface area contributed by atoms with E-state index in [-0.39, 0.29) is 24.4 Å². The van der Waals surface area contributed by atoms with E-state index in [1.54, 1.807) is 0 Å². The fraction of sp³-hybridized carbons (Fsp3) is 0.611. The molecule has 128 valence electrons. The Morgan fingerprint density at radius 3 is 2.70 bits per heavy atom. The van der Waals surface area contributed by atoms with Gasteiger partial charge < -0.3 is 15.4 Å². The number of hydrogen-bond donors (Lipinski definition) is 2. The number of ether oxygens (including phenoxy) is 1. The van der Waals surface area contributed by atoms with E-state index in [0.29, 0.717) is 19.3 Å². The maximum absolute atomic E-state index is 12.2. The van der Waals surface area contributed by atoms with Gasteiger partial charge in [-0.05, 0) is 30.4 Å². The van der Waals surface area contributed by atoms with Gasteiger partial charge in [0.15, 0.2) is 0 Å². The SMILES string of the molecule is Cl.O=C(NCCOC1CCCCC1)C1Cc2ccccc2CN1. The van der Waals surface area contributed by atoms with Gasteiger partial charge in [-0.2, -0.15) is 0 Å². The quantitative estimate of drug-likeness (QED) is 0.811. The van der Waals surface area contributed by atoms with Crippen molar-refractivity contribution < 1.29 is 9.53 Å². The third-order valence-electron chi connectivity index (χ3n) is 4.70. The minimum Gasteiger partial charge on any atom is -0.376 e. The summed E-state index contributed by atoms with van der Waals surface area (Å²) in [5, 5.41) is 6.31. The third kappa shape index (κ3) is 5.20. The number of amides is 1. The number of fused-ring (bicyclic) bond motifs is 1. The van der Waals surface area contributed by atoms with E-state index in [2.05, 4.69) is 22.8 Å². The van der Waals surface area contributed by atoms with E-state index in [4.69, 9.17) is 4.74 Å². The van der Waals surface area contributed by atoms with Gasteiger partial charge in [0.2, 0.25) is 5.91 Å².